The summed E-state index contributed by atoms with van der Waals surface area (Å²) in [4.78, 5) is 18.4. The molecular weight excluding hydrogens is 361 g/mol. The molecule has 0 N–H and O–H groups in total. The van der Waals surface area contributed by atoms with E-state index in [4.69, 9.17) is 0 Å². The highest BCUT2D eigenvalue weighted by atomic mass is 32.2. The minimum atomic E-state index is -0.296. The lowest BCUT2D eigenvalue weighted by molar-refractivity contribution is -0.127. The topological polar surface area (TPSA) is 38.1 Å². The van der Waals surface area contributed by atoms with Crippen LogP contribution in [-0.2, 0) is 11.3 Å². The maximum atomic E-state index is 13.8. The molecule has 1 aromatic heterocycles. The quantitative estimate of drug-likeness (QED) is 0.593. The highest BCUT2D eigenvalue weighted by Gasteiger charge is 2.15. The number of amides is 1. The molecule has 0 atom stereocenters. The number of nitrogens with zero attached hydrogens (tertiary/aromatic N) is 3. The van der Waals surface area contributed by atoms with Gasteiger partial charge in [-0.15, -0.1) is 0 Å². The van der Waals surface area contributed by atoms with Gasteiger partial charge >= 0.3 is 0 Å². The molecule has 0 saturated carbocycles. The largest absolute Gasteiger partial charge is 0.341 e. The van der Waals surface area contributed by atoms with Crippen LogP contribution < -0.4 is 0 Å². The first kappa shape index (κ1) is 19.2. The van der Waals surface area contributed by atoms with Crippen LogP contribution in [0.4, 0.5) is 4.39 Å². The Morgan fingerprint density at radius 3 is 2.74 bits per heavy atom. The van der Waals surface area contributed by atoms with E-state index in [1.807, 2.05) is 10.8 Å². The van der Waals surface area contributed by atoms with Crippen molar-refractivity contribution in [3.8, 4) is 5.69 Å². The van der Waals surface area contributed by atoms with Crippen molar-refractivity contribution in [2.45, 2.75) is 25.5 Å². The number of thioether (sulfide) groups is 1. The van der Waals surface area contributed by atoms with E-state index in [0.29, 0.717) is 5.56 Å². The van der Waals surface area contributed by atoms with E-state index in [9.17, 15) is 9.18 Å². The maximum Gasteiger partial charge on any atom is 0.233 e. The molecule has 2 aromatic carbocycles. The van der Waals surface area contributed by atoms with Gasteiger partial charge in [0, 0.05) is 31.5 Å². The zero-order valence-corrected chi connectivity index (χ0v) is 16.5. The lowest BCUT2D eigenvalue weighted by atomic mass is 10.1. The Balaban J connectivity index is 1.66. The molecule has 3 aromatic rings. The van der Waals surface area contributed by atoms with Crippen LogP contribution in [0.25, 0.3) is 5.69 Å². The molecule has 0 saturated heterocycles. The highest BCUT2D eigenvalue weighted by molar-refractivity contribution is 7.99. The molecule has 0 bridgehead atoms. The fourth-order valence-electron chi connectivity index (χ4n) is 2.86. The van der Waals surface area contributed by atoms with Crippen LogP contribution in [0.1, 0.15) is 16.7 Å². The van der Waals surface area contributed by atoms with Crippen molar-refractivity contribution in [1.29, 1.82) is 0 Å². The van der Waals surface area contributed by atoms with Crippen LogP contribution in [0.15, 0.2) is 60.0 Å². The van der Waals surface area contributed by atoms with Crippen molar-refractivity contribution < 1.29 is 9.18 Å². The Hall–Kier alpha value is -2.60. The van der Waals surface area contributed by atoms with Crippen molar-refractivity contribution in [3.05, 3.63) is 77.4 Å². The summed E-state index contributed by atoms with van der Waals surface area (Å²) in [6.45, 7) is 4.37. The number of carbonyl (C=O) groups is 1. The summed E-state index contributed by atoms with van der Waals surface area (Å²) in [6, 6.07) is 12.8. The molecule has 1 heterocycles. The van der Waals surface area contributed by atoms with Crippen LogP contribution in [0, 0.1) is 19.7 Å². The second-order valence-electron chi connectivity index (χ2n) is 6.50. The molecule has 3 rings (SSSR count). The molecule has 0 radical (unpaired) electrons. The van der Waals surface area contributed by atoms with E-state index >= 15 is 0 Å². The van der Waals surface area contributed by atoms with Crippen LogP contribution >= 0.6 is 11.8 Å². The smallest absolute Gasteiger partial charge is 0.233 e. The van der Waals surface area contributed by atoms with Gasteiger partial charge in [0.1, 0.15) is 5.82 Å². The molecular formula is C21H22FN3OS. The van der Waals surface area contributed by atoms with Crippen molar-refractivity contribution >= 4 is 17.7 Å². The molecule has 0 aliphatic carbocycles. The first-order valence-electron chi connectivity index (χ1n) is 8.67. The van der Waals surface area contributed by atoms with Crippen LogP contribution in [0.2, 0.25) is 0 Å². The standard InChI is InChI=1S/C21H22FN3OS/c1-15-8-9-19(16(2)12-15)25-11-10-23-21(25)27-14-20(26)24(3)13-17-6-4-5-7-18(17)22/h4-12H,13-14H2,1-3H3. The zero-order valence-electron chi connectivity index (χ0n) is 15.6. The van der Waals surface area contributed by atoms with Crippen molar-refractivity contribution in [3.63, 3.8) is 0 Å². The zero-order chi connectivity index (χ0) is 19.4. The summed E-state index contributed by atoms with van der Waals surface area (Å²) >= 11 is 1.38. The van der Waals surface area contributed by atoms with Gasteiger partial charge in [0.15, 0.2) is 5.16 Å². The molecule has 6 heteroatoms. The predicted molar refractivity (Wildman–Crippen MR) is 107 cm³/mol. The monoisotopic (exact) mass is 383 g/mol. The molecule has 140 valence electrons. The molecule has 27 heavy (non-hydrogen) atoms. The van der Waals surface area contributed by atoms with E-state index in [2.05, 4.69) is 37.0 Å². The van der Waals surface area contributed by atoms with Crippen molar-refractivity contribution in [2.75, 3.05) is 12.8 Å². The van der Waals surface area contributed by atoms with Crippen LogP contribution in [0.3, 0.4) is 0 Å². The number of hydrogen-bond donors (Lipinski definition) is 0. The first-order valence-corrected chi connectivity index (χ1v) is 9.65. The number of carbonyl (C=O) groups excluding carboxylic acids is 1. The molecule has 4 nitrogen and oxygen atoms in total. The highest BCUT2D eigenvalue weighted by Crippen LogP contribution is 2.23. The number of imidazole rings is 1. The summed E-state index contributed by atoms with van der Waals surface area (Å²) in [5.74, 6) is -0.124. The third-order valence-electron chi connectivity index (χ3n) is 4.33. The molecule has 1 amide bonds. The Bertz CT molecular complexity index is 954. The third-order valence-corrected chi connectivity index (χ3v) is 5.29. The van der Waals surface area contributed by atoms with Gasteiger partial charge in [-0.1, -0.05) is 47.7 Å². The van der Waals surface area contributed by atoms with E-state index in [0.717, 1.165) is 16.4 Å². The average Bonchev–Trinajstić information content (AvgIpc) is 3.09. The third kappa shape index (κ3) is 4.57. The summed E-state index contributed by atoms with van der Waals surface area (Å²) in [6.07, 6.45) is 3.63. The predicted octanol–water partition coefficient (Wildman–Crippen LogP) is 4.38. The Morgan fingerprint density at radius 2 is 2.00 bits per heavy atom. The summed E-state index contributed by atoms with van der Waals surface area (Å²) in [5.41, 5.74) is 3.91. The summed E-state index contributed by atoms with van der Waals surface area (Å²) < 4.78 is 15.8. The molecule has 0 aliphatic heterocycles. The van der Waals surface area contributed by atoms with Crippen molar-refractivity contribution in [1.82, 2.24) is 14.5 Å². The maximum absolute atomic E-state index is 13.8. The SMILES string of the molecule is Cc1ccc(-n2ccnc2SCC(=O)N(C)Cc2ccccc2F)c(C)c1. The summed E-state index contributed by atoms with van der Waals surface area (Å²) in [7, 11) is 1.69. The van der Waals surface area contributed by atoms with Gasteiger partial charge in [0.05, 0.1) is 11.4 Å². The number of hydrogen-bond acceptors (Lipinski definition) is 3. The fraction of sp³-hybridized carbons (Fsp3) is 0.238. The normalized spacial score (nSPS) is 10.8. The minimum absolute atomic E-state index is 0.0709. The number of rotatable bonds is 6. The van der Waals surface area contributed by atoms with Gasteiger partial charge in [0.2, 0.25) is 5.91 Å². The molecule has 0 unspecified atom stereocenters. The average molecular weight is 383 g/mol. The fourth-order valence-corrected chi connectivity index (χ4v) is 3.77. The minimum Gasteiger partial charge on any atom is -0.341 e. The second kappa shape index (κ2) is 8.39. The summed E-state index contributed by atoms with van der Waals surface area (Å²) in [5, 5.41) is 0.759. The lowest BCUT2D eigenvalue weighted by Gasteiger charge is -2.17. The number of aromatic nitrogens is 2. The van der Waals surface area contributed by atoms with Gasteiger partial charge in [-0.25, -0.2) is 9.37 Å². The van der Waals surface area contributed by atoms with E-state index in [-0.39, 0.29) is 24.0 Å². The van der Waals surface area contributed by atoms with Crippen molar-refractivity contribution in [2.24, 2.45) is 0 Å². The van der Waals surface area contributed by atoms with Gasteiger partial charge < -0.3 is 4.90 Å². The molecule has 0 fully saturated rings. The van der Waals surface area contributed by atoms with E-state index in [1.54, 1.807) is 31.4 Å². The lowest BCUT2D eigenvalue weighted by Crippen LogP contribution is -2.28. The van der Waals surface area contributed by atoms with Crippen LogP contribution in [0.5, 0.6) is 0 Å². The Kier molecular flexibility index (Phi) is 5.96. The number of halogens is 1. The second-order valence-corrected chi connectivity index (χ2v) is 7.44. The van der Waals surface area contributed by atoms with Crippen LogP contribution in [-0.4, -0.2) is 33.2 Å². The van der Waals surface area contributed by atoms with E-state index in [1.165, 1.54) is 28.3 Å². The van der Waals surface area contributed by atoms with E-state index < -0.39 is 0 Å². The van der Waals surface area contributed by atoms with Gasteiger partial charge in [-0.2, -0.15) is 0 Å². The van der Waals surface area contributed by atoms with Gasteiger partial charge in [0.25, 0.3) is 0 Å². The molecule has 0 aliphatic rings. The Labute approximate surface area is 163 Å². The molecule has 0 spiro atoms. The first-order chi connectivity index (χ1) is 13.0. The number of benzene rings is 2. The van der Waals surface area contributed by atoms with Gasteiger partial charge in [-0.3, -0.25) is 9.36 Å². The van der Waals surface area contributed by atoms with Gasteiger partial charge in [-0.05, 0) is 31.5 Å². The Morgan fingerprint density at radius 1 is 1.22 bits per heavy atom. The number of aryl methyl sites for hydroxylation is 2.